The van der Waals surface area contributed by atoms with E-state index in [1.165, 1.54) is 6.26 Å². The van der Waals surface area contributed by atoms with Gasteiger partial charge in [-0.25, -0.2) is 9.37 Å². The number of anilines is 2. The summed E-state index contributed by atoms with van der Waals surface area (Å²) < 4.78 is 21.1. The molecule has 1 aliphatic heterocycles. The molecule has 9 heteroatoms. The molecule has 4 heterocycles. The van der Waals surface area contributed by atoms with E-state index in [0.29, 0.717) is 37.5 Å². The molecular weight excluding hydrogens is 423 g/mol. The normalized spacial score (nSPS) is 14.7. The maximum Gasteiger partial charge on any atom is 0.277 e. The maximum absolute atomic E-state index is 13.8. The Morgan fingerprint density at radius 1 is 1.21 bits per heavy atom. The van der Waals surface area contributed by atoms with Crippen molar-refractivity contribution in [3.05, 3.63) is 53.8 Å². The summed E-state index contributed by atoms with van der Waals surface area (Å²) >= 11 is 0. The number of piperidine rings is 1. The minimum atomic E-state index is -0.785. The molecule has 0 aliphatic carbocycles. The van der Waals surface area contributed by atoms with Gasteiger partial charge in [0.1, 0.15) is 12.4 Å². The van der Waals surface area contributed by atoms with Gasteiger partial charge in [0.2, 0.25) is 5.89 Å². The molecule has 0 saturated carbocycles. The minimum Gasteiger partial charge on any atom is -0.444 e. The lowest BCUT2D eigenvalue weighted by Crippen LogP contribution is -2.35. The van der Waals surface area contributed by atoms with E-state index < -0.39 is 6.17 Å². The second-order valence-corrected chi connectivity index (χ2v) is 8.44. The van der Waals surface area contributed by atoms with Crippen molar-refractivity contribution in [1.82, 2.24) is 19.7 Å². The highest BCUT2D eigenvalue weighted by molar-refractivity contribution is 6.06. The smallest absolute Gasteiger partial charge is 0.277 e. The number of carbonyl (C=O) groups excluding carboxylic acids is 1. The molecule has 33 heavy (non-hydrogen) atoms. The lowest BCUT2D eigenvalue weighted by Gasteiger charge is -2.32. The Bertz CT molecular complexity index is 1340. The van der Waals surface area contributed by atoms with Crippen LogP contribution in [0.3, 0.4) is 0 Å². The van der Waals surface area contributed by atoms with Crippen LogP contribution >= 0.6 is 0 Å². The molecule has 1 amide bonds. The van der Waals surface area contributed by atoms with Crippen molar-refractivity contribution in [3.8, 4) is 11.5 Å². The third-order valence-corrected chi connectivity index (χ3v) is 6.05. The number of alkyl halides is 1. The summed E-state index contributed by atoms with van der Waals surface area (Å²) in [6, 6.07) is 7.57. The van der Waals surface area contributed by atoms with Gasteiger partial charge in [-0.15, -0.1) is 0 Å². The number of nitrogens with one attached hydrogen (secondary N) is 1. The van der Waals surface area contributed by atoms with Gasteiger partial charge in [-0.3, -0.25) is 14.5 Å². The van der Waals surface area contributed by atoms with Gasteiger partial charge in [-0.2, -0.15) is 5.10 Å². The largest absolute Gasteiger partial charge is 0.444 e. The predicted molar refractivity (Wildman–Crippen MR) is 124 cm³/mol. The number of pyridine rings is 1. The molecule has 170 valence electrons. The molecule has 5 rings (SSSR count). The van der Waals surface area contributed by atoms with Crippen LogP contribution in [0.15, 0.2) is 41.1 Å². The molecule has 1 saturated heterocycles. The van der Waals surface area contributed by atoms with Crippen molar-refractivity contribution < 1.29 is 13.6 Å². The van der Waals surface area contributed by atoms with E-state index in [1.54, 1.807) is 12.3 Å². The molecule has 0 bridgehead atoms. The summed E-state index contributed by atoms with van der Waals surface area (Å²) in [5.41, 5.74) is 5.08. The highest BCUT2D eigenvalue weighted by atomic mass is 19.1. The summed E-state index contributed by atoms with van der Waals surface area (Å²) in [7, 11) is 1.89. The Balaban J connectivity index is 1.48. The van der Waals surface area contributed by atoms with Gasteiger partial charge in [0.15, 0.2) is 5.69 Å². The number of hydrogen-bond acceptors (Lipinski definition) is 6. The first kappa shape index (κ1) is 21.1. The Kier molecular flexibility index (Phi) is 5.32. The third kappa shape index (κ3) is 4.06. The van der Waals surface area contributed by atoms with E-state index in [4.69, 9.17) is 4.42 Å². The van der Waals surface area contributed by atoms with Crippen LogP contribution in [0.25, 0.3) is 22.4 Å². The maximum atomic E-state index is 13.8. The topological polar surface area (TPSA) is 89.1 Å². The quantitative estimate of drug-likeness (QED) is 0.497. The molecule has 3 aromatic heterocycles. The van der Waals surface area contributed by atoms with Crippen LogP contribution in [0.1, 0.15) is 34.7 Å². The molecule has 1 aromatic carbocycles. The van der Waals surface area contributed by atoms with Crippen LogP contribution in [-0.4, -0.2) is 44.9 Å². The average molecular weight is 449 g/mol. The number of aryl methyl sites for hydroxylation is 3. The number of fused-ring (bicyclic) bond motifs is 1. The van der Waals surface area contributed by atoms with Crippen molar-refractivity contribution in [3.63, 3.8) is 0 Å². The molecular formula is C24H25FN6O2. The number of nitrogens with zero attached hydrogens (tertiary/aromatic N) is 5. The van der Waals surface area contributed by atoms with E-state index in [9.17, 15) is 9.18 Å². The van der Waals surface area contributed by atoms with Gasteiger partial charge >= 0.3 is 0 Å². The van der Waals surface area contributed by atoms with Gasteiger partial charge in [-0.05, 0) is 51.0 Å². The molecule has 0 atom stereocenters. The number of rotatable bonds is 4. The van der Waals surface area contributed by atoms with Crippen LogP contribution in [-0.2, 0) is 7.05 Å². The van der Waals surface area contributed by atoms with E-state index in [2.05, 4.69) is 25.3 Å². The third-order valence-electron chi connectivity index (χ3n) is 6.05. The van der Waals surface area contributed by atoms with Crippen molar-refractivity contribution >= 4 is 28.2 Å². The zero-order valence-electron chi connectivity index (χ0n) is 18.8. The number of oxazole rings is 1. The van der Waals surface area contributed by atoms with Crippen LogP contribution in [0.5, 0.6) is 0 Å². The molecule has 0 unspecified atom stereocenters. The first-order valence-electron chi connectivity index (χ1n) is 11.0. The average Bonchev–Trinajstić information content (AvgIpc) is 3.39. The number of carbonyl (C=O) groups is 1. The number of aromatic nitrogens is 4. The van der Waals surface area contributed by atoms with Gasteiger partial charge in [0.25, 0.3) is 5.91 Å². The summed E-state index contributed by atoms with van der Waals surface area (Å²) in [6.45, 7) is 4.98. The van der Waals surface area contributed by atoms with Gasteiger partial charge in [0, 0.05) is 43.0 Å². The highest BCUT2D eigenvalue weighted by Gasteiger charge is 2.24. The van der Waals surface area contributed by atoms with Crippen molar-refractivity contribution in [1.29, 1.82) is 0 Å². The van der Waals surface area contributed by atoms with E-state index in [1.807, 2.05) is 43.8 Å². The van der Waals surface area contributed by atoms with Gasteiger partial charge in [0.05, 0.1) is 22.6 Å². The number of hydrogen-bond donors (Lipinski definition) is 1. The number of halogens is 1. The summed E-state index contributed by atoms with van der Waals surface area (Å²) in [4.78, 5) is 23.7. The fourth-order valence-corrected chi connectivity index (χ4v) is 4.29. The zero-order valence-corrected chi connectivity index (χ0v) is 18.8. The van der Waals surface area contributed by atoms with Crippen LogP contribution in [0.2, 0.25) is 0 Å². The Morgan fingerprint density at radius 3 is 2.76 bits per heavy atom. The Hall–Kier alpha value is -3.75. The second kappa shape index (κ2) is 8.31. The number of amides is 1. The molecule has 0 radical (unpaired) electrons. The van der Waals surface area contributed by atoms with Crippen LogP contribution in [0, 0.1) is 13.8 Å². The lowest BCUT2D eigenvalue weighted by atomic mass is 10.1. The molecule has 0 spiro atoms. The Morgan fingerprint density at radius 2 is 2.00 bits per heavy atom. The summed E-state index contributed by atoms with van der Waals surface area (Å²) in [5, 5.41) is 8.45. The molecule has 1 aliphatic rings. The SMILES string of the molecule is Cc1cc(-c2nc(C(=O)Nc3cc4c(C)nn(C)c4cc3N3CCC(F)CC3)co2)ccn1. The van der Waals surface area contributed by atoms with Gasteiger partial charge in [-0.1, -0.05) is 0 Å². The molecule has 4 aromatic rings. The first-order valence-corrected chi connectivity index (χ1v) is 11.0. The second-order valence-electron chi connectivity index (χ2n) is 8.44. The molecule has 1 fully saturated rings. The van der Waals surface area contributed by atoms with Gasteiger partial charge < -0.3 is 14.6 Å². The van der Waals surface area contributed by atoms with E-state index >= 15 is 0 Å². The molecule has 8 nitrogen and oxygen atoms in total. The zero-order chi connectivity index (χ0) is 23.1. The summed E-state index contributed by atoms with van der Waals surface area (Å²) in [5.74, 6) is -0.0206. The molecule has 1 N–H and O–H groups in total. The highest BCUT2D eigenvalue weighted by Crippen LogP contribution is 2.35. The van der Waals surface area contributed by atoms with Crippen molar-refractivity contribution in [2.75, 3.05) is 23.3 Å². The predicted octanol–water partition coefficient (Wildman–Crippen LogP) is 4.43. The summed E-state index contributed by atoms with van der Waals surface area (Å²) in [6.07, 6.45) is 3.17. The fourth-order valence-electron chi connectivity index (χ4n) is 4.29. The monoisotopic (exact) mass is 448 g/mol. The van der Waals surface area contributed by atoms with Crippen LogP contribution in [0.4, 0.5) is 15.8 Å². The standard InChI is InChI=1S/C24H25FN6O2/c1-14-10-16(4-7-26-14)24-28-20(13-33-24)23(32)27-19-11-18-15(2)29-30(3)21(18)12-22(19)31-8-5-17(25)6-9-31/h4,7,10-13,17H,5-6,8-9H2,1-3H3,(H,27,32). The lowest BCUT2D eigenvalue weighted by molar-refractivity contribution is 0.102. The van der Waals surface area contributed by atoms with Crippen molar-refractivity contribution in [2.24, 2.45) is 7.05 Å². The fraction of sp³-hybridized carbons (Fsp3) is 0.333. The van der Waals surface area contributed by atoms with E-state index in [-0.39, 0.29) is 11.6 Å². The van der Waals surface area contributed by atoms with Crippen molar-refractivity contribution in [2.45, 2.75) is 32.9 Å². The van der Waals surface area contributed by atoms with Crippen LogP contribution < -0.4 is 10.2 Å². The minimum absolute atomic E-state index is 0.177. The van der Waals surface area contributed by atoms with E-state index in [0.717, 1.165) is 33.5 Å². The Labute approximate surface area is 190 Å². The first-order chi connectivity index (χ1) is 15.9. The number of benzene rings is 1.